The summed E-state index contributed by atoms with van der Waals surface area (Å²) >= 11 is 2.19. The number of hydrogen-bond donors (Lipinski definition) is 1. The molecule has 0 aliphatic carbocycles. The fourth-order valence-corrected chi connectivity index (χ4v) is 3.44. The molecule has 5 nitrogen and oxygen atoms in total. The van der Waals surface area contributed by atoms with Crippen LogP contribution in [0.3, 0.4) is 0 Å². The van der Waals surface area contributed by atoms with Crippen molar-refractivity contribution in [1.29, 1.82) is 0 Å². The largest absolute Gasteiger partial charge is 0.370 e. The Hall–Kier alpha value is -0.890. The number of benzene rings is 1. The van der Waals surface area contributed by atoms with Gasteiger partial charge in [-0.15, -0.1) is 0 Å². The van der Waals surface area contributed by atoms with Crippen molar-refractivity contribution in [2.75, 3.05) is 31.6 Å². The molecule has 0 spiro atoms. The SMILES string of the molecule is CNCC1CCCN(c2ccc([N+](=O)[O-])cc2I)C1. The Morgan fingerprint density at radius 1 is 1.58 bits per heavy atom. The average molecular weight is 375 g/mol. The summed E-state index contributed by atoms with van der Waals surface area (Å²) in [5.41, 5.74) is 1.28. The van der Waals surface area contributed by atoms with Crippen molar-refractivity contribution in [2.24, 2.45) is 5.92 Å². The molecule has 0 bridgehead atoms. The molecule has 1 unspecified atom stereocenters. The zero-order valence-corrected chi connectivity index (χ0v) is 13.1. The topological polar surface area (TPSA) is 58.4 Å². The van der Waals surface area contributed by atoms with Gasteiger partial charge in [0.25, 0.3) is 5.69 Å². The number of halogens is 1. The highest BCUT2D eigenvalue weighted by atomic mass is 127. The number of nitro groups is 1. The molecule has 104 valence electrons. The molecule has 1 atom stereocenters. The number of piperidine rings is 1. The van der Waals surface area contributed by atoms with Crippen LogP contribution in [0.4, 0.5) is 11.4 Å². The van der Waals surface area contributed by atoms with Gasteiger partial charge in [0.2, 0.25) is 0 Å². The van der Waals surface area contributed by atoms with Crippen molar-refractivity contribution in [3.63, 3.8) is 0 Å². The number of nitro benzene ring substituents is 1. The Morgan fingerprint density at radius 3 is 3.00 bits per heavy atom. The third-order valence-corrected chi connectivity index (χ3v) is 4.36. The molecule has 1 fully saturated rings. The monoisotopic (exact) mass is 375 g/mol. The van der Waals surface area contributed by atoms with Crippen molar-refractivity contribution in [2.45, 2.75) is 12.8 Å². The first-order chi connectivity index (χ1) is 9.11. The number of anilines is 1. The van der Waals surface area contributed by atoms with E-state index >= 15 is 0 Å². The fraction of sp³-hybridized carbons (Fsp3) is 0.538. The lowest BCUT2D eigenvalue weighted by atomic mass is 9.97. The summed E-state index contributed by atoms with van der Waals surface area (Å²) in [5, 5.41) is 14.0. The minimum atomic E-state index is -0.341. The molecule has 2 rings (SSSR count). The molecule has 1 aromatic rings. The van der Waals surface area contributed by atoms with Crippen LogP contribution in [0.5, 0.6) is 0 Å². The Labute approximate surface area is 126 Å². The van der Waals surface area contributed by atoms with E-state index in [4.69, 9.17) is 0 Å². The van der Waals surface area contributed by atoms with Gasteiger partial charge in [0.15, 0.2) is 0 Å². The normalized spacial score (nSPS) is 19.5. The number of nitrogens with zero attached hydrogens (tertiary/aromatic N) is 2. The van der Waals surface area contributed by atoms with Crippen LogP contribution in [0.2, 0.25) is 0 Å². The molecule has 1 aliphatic rings. The molecule has 6 heteroatoms. The van der Waals surface area contributed by atoms with Crippen molar-refractivity contribution in [3.05, 3.63) is 31.9 Å². The highest BCUT2D eigenvalue weighted by Gasteiger charge is 2.21. The van der Waals surface area contributed by atoms with Gasteiger partial charge < -0.3 is 10.2 Å². The van der Waals surface area contributed by atoms with Gasteiger partial charge in [-0.05, 0) is 61.0 Å². The van der Waals surface area contributed by atoms with Gasteiger partial charge in [0, 0.05) is 28.8 Å². The third kappa shape index (κ3) is 3.56. The second-order valence-corrected chi connectivity index (χ2v) is 6.07. The summed E-state index contributed by atoms with van der Waals surface area (Å²) in [7, 11) is 1.98. The maximum atomic E-state index is 10.8. The molecule has 1 saturated heterocycles. The fourth-order valence-electron chi connectivity index (χ4n) is 2.60. The van der Waals surface area contributed by atoms with Crippen LogP contribution in [-0.2, 0) is 0 Å². The smallest absolute Gasteiger partial charge is 0.270 e. The molecule has 0 aromatic heterocycles. The van der Waals surface area contributed by atoms with Crippen molar-refractivity contribution in [3.8, 4) is 0 Å². The summed E-state index contributed by atoms with van der Waals surface area (Å²) in [5.74, 6) is 0.657. The molecule has 1 aromatic carbocycles. The number of rotatable bonds is 4. The van der Waals surface area contributed by atoms with Gasteiger partial charge >= 0.3 is 0 Å². The van der Waals surface area contributed by atoms with E-state index < -0.39 is 0 Å². The third-order valence-electron chi connectivity index (χ3n) is 3.49. The van der Waals surface area contributed by atoms with Gasteiger partial charge in [0.1, 0.15) is 0 Å². The van der Waals surface area contributed by atoms with E-state index in [9.17, 15) is 10.1 Å². The zero-order chi connectivity index (χ0) is 13.8. The Morgan fingerprint density at radius 2 is 2.37 bits per heavy atom. The van der Waals surface area contributed by atoms with Gasteiger partial charge in [-0.1, -0.05) is 0 Å². The molecule has 0 radical (unpaired) electrons. The Kier molecular flexibility index (Phi) is 4.98. The van der Waals surface area contributed by atoms with E-state index in [1.54, 1.807) is 12.1 Å². The van der Waals surface area contributed by atoms with Crippen LogP contribution in [0, 0.1) is 19.6 Å². The lowest BCUT2D eigenvalue weighted by Crippen LogP contribution is -2.39. The standard InChI is InChI=1S/C13H18IN3O2/c1-15-8-10-3-2-6-16(9-10)13-5-4-11(17(18)19)7-12(13)14/h4-5,7,10,15H,2-3,6,8-9H2,1H3. The van der Waals surface area contributed by atoms with E-state index in [1.165, 1.54) is 12.8 Å². The van der Waals surface area contributed by atoms with E-state index in [0.717, 1.165) is 28.9 Å². The predicted octanol–water partition coefficient (Wildman–Crippen LogP) is 2.64. The summed E-state index contributed by atoms with van der Waals surface area (Å²) in [6.07, 6.45) is 2.43. The van der Waals surface area contributed by atoms with E-state index in [-0.39, 0.29) is 10.6 Å². The molecular formula is C13H18IN3O2. The Bertz CT molecular complexity index is 465. The first-order valence-electron chi connectivity index (χ1n) is 6.45. The van der Waals surface area contributed by atoms with E-state index in [1.807, 2.05) is 13.1 Å². The van der Waals surface area contributed by atoms with E-state index in [0.29, 0.717) is 5.92 Å². The van der Waals surface area contributed by atoms with Gasteiger partial charge in [0.05, 0.1) is 10.6 Å². The molecule has 1 heterocycles. The minimum Gasteiger partial charge on any atom is -0.370 e. The lowest BCUT2D eigenvalue weighted by Gasteiger charge is -2.35. The van der Waals surface area contributed by atoms with Crippen molar-refractivity contribution in [1.82, 2.24) is 5.32 Å². The molecule has 0 saturated carbocycles. The quantitative estimate of drug-likeness (QED) is 0.500. The first kappa shape index (κ1) is 14.5. The molecule has 1 N–H and O–H groups in total. The number of non-ortho nitro benzene ring substituents is 1. The maximum Gasteiger partial charge on any atom is 0.270 e. The summed E-state index contributed by atoms with van der Waals surface area (Å²) in [4.78, 5) is 12.8. The van der Waals surface area contributed by atoms with Crippen LogP contribution in [0.1, 0.15) is 12.8 Å². The number of nitrogens with one attached hydrogen (secondary N) is 1. The van der Waals surface area contributed by atoms with Gasteiger partial charge in [-0.3, -0.25) is 10.1 Å². The first-order valence-corrected chi connectivity index (χ1v) is 7.53. The molecule has 0 amide bonds. The second kappa shape index (κ2) is 6.51. The van der Waals surface area contributed by atoms with Crippen LogP contribution < -0.4 is 10.2 Å². The predicted molar refractivity (Wildman–Crippen MR) is 84.7 cm³/mol. The molecule has 19 heavy (non-hydrogen) atoms. The minimum absolute atomic E-state index is 0.164. The van der Waals surface area contributed by atoms with Gasteiger partial charge in [-0.2, -0.15) is 0 Å². The van der Waals surface area contributed by atoms with Crippen molar-refractivity contribution >= 4 is 34.0 Å². The van der Waals surface area contributed by atoms with Crippen LogP contribution in [-0.4, -0.2) is 31.6 Å². The zero-order valence-electron chi connectivity index (χ0n) is 10.9. The maximum absolute atomic E-state index is 10.8. The van der Waals surface area contributed by atoms with Crippen LogP contribution >= 0.6 is 22.6 Å². The lowest BCUT2D eigenvalue weighted by molar-refractivity contribution is -0.384. The second-order valence-electron chi connectivity index (χ2n) is 4.90. The van der Waals surface area contributed by atoms with Crippen LogP contribution in [0.15, 0.2) is 18.2 Å². The highest BCUT2D eigenvalue weighted by molar-refractivity contribution is 14.1. The van der Waals surface area contributed by atoms with Gasteiger partial charge in [-0.25, -0.2) is 0 Å². The van der Waals surface area contributed by atoms with Crippen LogP contribution in [0.25, 0.3) is 0 Å². The Balaban J connectivity index is 2.15. The van der Waals surface area contributed by atoms with Crippen molar-refractivity contribution < 1.29 is 4.92 Å². The highest BCUT2D eigenvalue weighted by Crippen LogP contribution is 2.30. The summed E-state index contributed by atoms with van der Waals surface area (Å²) < 4.78 is 0.955. The summed E-state index contributed by atoms with van der Waals surface area (Å²) in [6.45, 7) is 3.09. The molecular weight excluding hydrogens is 357 g/mol. The number of hydrogen-bond acceptors (Lipinski definition) is 4. The molecule has 1 aliphatic heterocycles. The summed E-state index contributed by atoms with van der Waals surface area (Å²) in [6, 6.07) is 5.12. The van der Waals surface area contributed by atoms with E-state index in [2.05, 4.69) is 32.8 Å². The average Bonchev–Trinajstić information content (AvgIpc) is 2.39.